The van der Waals surface area contributed by atoms with Gasteiger partial charge in [0.25, 0.3) is 11.8 Å². The molecule has 9 heteroatoms. The van der Waals surface area contributed by atoms with E-state index in [0.29, 0.717) is 5.56 Å². The Balaban J connectivity index is 2.48. The summed E-state index contributed by atoms with van der Waals surface area (Å²) in [5.74, 6) is -0.336. The number of nitrogens with one attached hydrogen (secondary N) is 2. The lowest BCUT2D eigenvalue weighted by Gasteiger charge is -2.11. The monoisotopic (exact) mass is 332 g/mol. The van der Waals surface area contributed by atoms with Gasteiger partial charge in [-0.05, 0) is 17.7 Å². The van der Waals surface area contributed by atoms with Crippen LogP contribution < -0.4 is 25.4 Å². The Kier molecular flexibility index (Phi) is 7.75. The molecule has 0 saturated carbocycles. The molecule has 2 amide bonds. The normalized spacial score (nSPS) is 10.3. The van der Waals surface area contributed by atoms with Gasteiger partial charge in [-0.1, -0.05) is 6.07 Å². The highest BCUT2D eigenvalue weighted by Crippen LogP contribution is 2.29. The second kappa shape index (κ2) is 9.57. The van der Waals surface area contributed by atoms with Crippen molar-refractivity contribution in [3.05, 3.63) is 23.8 Å². The van der Waals surface area contributed by atoms with Crippen molar-refractivity contribution in [2.45, 2.75) is 13.2 Å². The molecule has 1 rings (SSSR count). The van der Waals surface area contributed by atoms with Crippen LogP contribution in [0.1, 0.15) is 5.56 Å². The first-order valence-electron chi connectivity index (χ1n) is 6.87. The lowest BCUT2D eigenvalue weighted by Crippen LogP contribution is -2.88. The van der Waals surface area contributed by atoms with Crippen LogP contribution in [-0.2, 0) is 16.1 Å². The minimum absolute atomic E-state index is 0.0727. The SMILES string of the molecule is CNC(=O)C[NH2+]CC(=O)NCc1ccc(OC(F)F)c(OC)c1. The molecule has 0 heterocycles. The van der Waals surface area contributed by atoms with Gasteiger partial charge in [0.15, 0.2) is 24.6 Å². The third-order valence-corrected chi connectivity index (χ3v) is 2.87. The number of ether oxygens (including phenoxy) is 2. The standard InChI is InChI=1S/C14H19F2N3O4/c1-17-12(20)7-18-8-13(21)19-6-9-3-4-10(23-14(15)16)11(5-9)22-2/h3-5,14,18H,6-8H2,1-2H3,(H,17,20)(H,19,21)/p+1. The van der Waals surface area contributed by atoms with Crippen LogP contribution in [0.3, 0.4) is 0 Å². The molecule has 0 atom stereocenters. The van der Waals surface area contributed by atoms with Gasteiger partial charge >= 0.3 is 6.61 Å². The van der Waals surface area contributed by atoms with Gasteiger partial charge in [-0.15, -0.1) is 0 Å². The number of quaternary nitrogens is 1. The van der Waals surface area contributed by atoms with Crippen molar-refractivity contribution < 1.29 is 33.2 Å². The van der Waals surface area contributed by atoms with Crippen molar-refractivity contribution in [3.8, 4) is 11.5 Å². The summed E-state index contributed by atoms with van der Waals surface area (Å²) in [6.45, 7) is -2.46. The summed E-state index contributed by atoms with van der Waals surface area (Å²) in [5, 5.41) is 6.67. The van der Waals surface area contributed by atoms with E-state index >= 15 is 0 Å². The first kappa shape index (κ1) is 18.6. The minimum atomic E-state index is -2.94. The third-order valence-electron chi connectivity index (χ3n) is 2.87. The van der Waals surface area contributed by atoms with Crippen molar-refractivity contribution in [2.75, 3.05) is 27.2 Å². The molecule has 1 aromatic rings. The summed E-state index contributed by atoms with van der Waals surface area (Å²) in [6.07, 6.45) is 0. The average Bonchev–Trinajstić information content (AvgIpc) is 2.53. The maximum absolute atomic E-state index is 12.2. The second-order valence-electron chi connectivity index (χ2n) is 4.51. The second-order valence-corrected chi connectivity index (χ2v) is 4.51. The minimum Gasteiger partial charge on any atom is -0.493 e. The molecule has 0 fully saturated rings. The Labute approximate surface area is 132 Å². The van der Waals surface area contributed by atoms with Gasteiger partial charge in [-0.3, -0.25) is 9.59 Å². The van der Waals surface area contributed by atoms with E-state index in [9.17, 15) is 18.4 Å². The number of alkyl halides is 2. The molecular formula is C14H20F2N3O4+. The van der Waals surface area contributed by atoms with E-state index < -0.39 is 6.61 Å². The van der Waals surface area contributed by atoms with Gasteiger partial charge < -0.3 is 25.4 Å². The third kappa shape index (κ3) is 6.92. The zero-order valence-corrected chi connectivity index (χ0v) is 12.9. The molecule has 0 spiro atoms. The van der Waals surface area contributed by atoms with Crippen LogP contribution in [0.15, 0.2) is 18.2 Å². The maximum atomic E-state index is 12.2. The fraction of sp³-hybridized carbons (Fsp3) is 0.429. The molecule has 0 saturated heterocycles. The largest absolute Gasteiger partial charge is 0.493 e. The highest BCUT2D eigenvalue weighted by Gasteiger charge is 2.12. The molecular weight excluding hydrogens is 312 g/mol. The number of nitrogens with two attached hydrogens (primary N) is 1. The Hall–Kier alpha value is -2.42. The number of hydrogen-bond acceptors (Lipinski definition) is 4. The molecule has 7 nitrogen and oxygen atoms in total. The average molecular weight is 332 g/mol. The van der Waals surface area contributed by atoms with E-state index in [1.807, 2.05) is 0 Å². The number of benzene rings is 1. The zero-order chi connectivity index (χ0) is 17.2. The van der Waals surface area contributed by atoms with Crippen LogP contribution >= 0.6 is 0 Å². The number of likely N-dealkylation sites (N-methyl/N-ethyl adjacent to an activating group) is 1. The predicted molar refractivity (Wildman–Crippen MR) is 77.2 cm³/mol. The van der Waals surface area contributed by atoms with Gasteiger partial charge in [0.2, 0.25) is 0 Å². The molecule has 23 heavy (non-hydrogen) atoms. The summed E-state index contributed by atoms with van der Waals surface area (Å²) < 4.78 is 33.7. The van der Waals surface area contributed by atoms with E-state index in [-0.39, 0.29) is 42.9 Å². The lowest BCUT2D eigenvalue weighted by atomic mass is 10.2. The van der Waals surface area contributed by atoms with Gasteiger partial charge in [0, 0.05) is 13.6 Å². The quantitative estimate of drug-likeness (QED) is 0.553. The number of halogens is 2. The van der Waals surface area contributed by atoms with Crippen molar-refractivity contribution in [3.63, 3.8) is 0 Å². The molecule has 0 bridgehead atoms. The fourth-order valence-electron chi connectivity index (χ4n) is 1.72. The van der Waals surface area contributed by atoms with E-state index in [1.165, 1.54) is 26.3 Å². The Bertz CT molecular complexity index is 541. The summed E-state index contributed by atoms with van der Waals surface area (Å²) in [6, 6.07) is 4.41. The summed E-state index contributed by atoms with van der Waals surface area (Å²) in [4.78, 5) is 22.6. The van der Waals surface area contributed by atoms with Crippen LogP contribution in [-0.4, -0.2) is 45.7 Å². The van der Waals surface area contributed by atoms with Crippen molar-refractivity contribution in [1.82, 2.24) is 10.6 Å². The molecule has 0 unspecified atom stereocenters. The predicted octanol–water partition coefficient (Wildman–Crippen LogP) is -0.778. The van der Waals surface area contributed by atoms with Gasteiger partial charge in [0.05, 0.1) is 7.11 Å². The highest BCUT2D eigenvalue weighted by molar-refractivity contribution is 5.78. The number of rotatable bonds is 9. The van der Waals surface area contributed by atoms with Crippen molar-refractivity contribution in [1.29, 1.82) is 0 Å². The number of carbonyl (C=O) groups is 2. The van der Waals surface area contributed by atoms with Gasteiger partial charge in [-0.25, -0.2) is 0 Å². The summed E-state index contributed by atoms with van der Waals surface area (Å²) >= 11 is 0. The number of hydrogen-bond donors (Lipinski definition) is 3. The fourth-order valence-corrected chi connectivity index (χ4v) is 1.72. The molecule has 4 N–H and O–H groups in total. The smallest absolute Gasteiger partial charge is 0.387 e. The van der Waals surface area contributed by atoms with E-state index in [1.54, 1.807) is 11.4 Å². The first-order chi connectivity index (χ1) is 11.0. The molecule has 1 aromatic carbocycles. The number of carbonyl (C=O) groups excluding carboxylic acids is 2. The summed E-state index contributed by atoms with van der Waals surface area (Å²) in [5.41, 5.74) is 0.670. The highest BCUT2D eigenvalue weighted by atomic mass is 19.3. The van der Waals surface area contributed by atoms with Crippen LogP contribution in [0.25, 0.3) is 0 Å². The van der Waals surface area contributed by atoms with Gasteiger partial charge in [-0.2, -0.15) is 8.78 Å². The van der Waals surface area contributed by atoms with E-state index in [2.05, 4.69) is 15.4 Å². The number of methoxy groups -OCH3 is 1. The van der Waals surface area contributed by atoms with E-state index in [0.717, 1.165) is 0 Å². The van der Waals surface area contributed by atoms with Crippen molar-refractivity contribution in [2.24, 2.45) is 0 Å². The lowest BCUT2D eigenvalue weighted by molar-refractivity contribution is -0.633. The Morgan fingerprint density at radius 1 is 1.22 bits per heavy atom. The molecule has 0 radical (unpaired) electrons. The Morgan fingerprint density at radius 3 is 2.52 bits per heavy atom. The number of amides is 2. The molecule has 0 aliphatic heterocycles. The zero-order valence-electron chi connectivity index (χ0n) is 12.9. The molecule has 0 aliphatic rings. The van der Waals surface area contributed by atoms with Crippen molar-refractivity contribution >= 4 is 11.8 Å². The molecule has 128 valence electrons. The van der Waals surface area contributed by atoms with Crippen LogP contribution in [0.4, 0.5) is 8.78 Å². The van der Waals surface area contributed by atoms with E-state index in [4.69, 9.17) is 4.74 Å². The first-order valence-corrected chi connectivity index (χ1v) is 6.87. The molecule has 0 aromatic heterocycles. The van der Waals surface area contributed by atoms with Crippen LogP contribution in [0.2, 0.25) is 0 Å². The summed E-state index contributed by atoms with van der Waals surface area (Å²) in [7, 11) is 2.86. The maximum Gasteiger partial charge on any atom is 0.387 e. The van der Waals surface area contributed by atoms with Crippen LogP contribution in [0, 0.1) is 0 Å². The Morgan fingerprint density at radius 2 is 1.91 bits per heavy atom. The van der Waals surface area contributed by atoms with Crippen LogP contribution in [0.5, 0.6) is 11.5 Å². The topological polar surface area (TPSA) is 93.3 Å². The molecule has 0 aliphatic carbocycles. The van der Waals surface area contributed by atoms with Gasteiger partial charge in [0.1, 0.15) is 0 Å².